The standard InChI is InChI=1S/C15H15N.ClH/c1-3-11-16(12-4-2)15-10-9-13-7-5-6-8-14(13)15;/h1-2,5-8,15H,9-12H2;1H/t15-;/m1./s1. The average Bonchev–Trinajstić information content (AvgIpc) is 2.72. The van der Waals surface area contributed by atoms with Crippen molar-refractivity contribution in [3.8, 4) is 24.7 Å². The largest absolute Gasteiger partial charge is 0.274 e. The van der Waals surface area contributed by atoms with E-state index in [-0.39, 0.29) is 12.4 Å². The number of aryl methyl sites for hydroxylation is 1. The van der Waals surface area contributed by atoms with Gasteiger partial charge < -0.3 is 0 Å². The van der Waals surface area contributed by atoms with Gasteiger partial charge >= 0.3 is 0 Å². The highest BCUT2D eigenvalue weighted by Gasteiger charge is 2.26. The first-order valence-corrected chi connectivity index (χ1v) is 5.55. The maximum absolute atomic E-state index is 5.39. The zero-order valence-electron chi connectivity index (χ0n) is 9.73. The van der Waals surface area contributed by atoms with Crippen molar-refractivity contribution >= 4 is 12.4 Å². The van der Waals surface area contributed by atoms with Gasteiger partial charge in [-0.05, 0) is 24.0 Å². The van der Waals surface area contributed by atoms with Gasteiger partial charge in [-0.15, -0.1) is 25.3 Å². The van der Waals surface area contributed by atoms with Crippen LogP contribution in [0.25, 0.3) is 0 Å². The third-order valence-electron chi connectivity index (χ3n) is 3.13. The van der Waals surface area contributed by atoms with Gasteiger partial charge in [0.2, 0.25) is 0 Å². The molecule has 1 aromatic rings. The number of benzene rings is 1. The minimum Gasteiger partial charge on any atom is -0.274 e. The number of terminal acetylenes is 2. The van der Waals surface area contributed by atoms with E-state index in [2.05, 4.69) is 41.0 Å². The number of halogens is 1. The van der Waals surface area contributed by atoms with E-state index in [0.29, 0.717) is 19.1 Å². The van der Waals surface area contributed by atoms with Crippen molar-refractivity contribution in [2.24, 2.45) is 0 Å². The molecule has 1 aromatic carbocycles. The second-order valence-corrected chi connectivity index (χ2v) is 4.07. The van der Waals surface area contributed by atoms with Crippen LogP contribution in [-0.4, -0.2) is 18.0 Å². The Kier molecular flexibility index (Phi) is 5.11. The number of hydrogen-bond donors (Lipinski definition) is 0. The molecule has 0 fully saturated rings. The fourth-order valence-corrected chi connectivity index (χ4v) is 2.42. The fraction of sp³-hybridized carbons (Fsp3) is 0.333. The van der Waals surface area contributed by atoms with Crippen LogP contribution in [0.2, 0.25) is 0 Å². The Balaban J connectivity index is 0.00000144. The Morgan fingerprint density at radius 1 is 1.18 bits per heavy atom. The van der Waals surface area contributed by atoms with Crippen molar-refractivity contribution in [2.45, 2.75) is 18.9 Å². The van der Waals surface area contributed by atoms with Crippen LogP contribution >= 0.6 is 12.4 Å². The summed E-state index contributed by atoms with van der Waals surface area (Å²) in [7, 11) is 0. The Bertz CT molecular complexity index is 437. The number of fused-ring (bicyclic) bond motifs is 1. The van der Waals surface area contributed by atoms with Gasteiger partial charge in [-0.25, -0.2) is 0 Å². The topological polar surface area (TPSA) is 3.24 Å². The second kappa shape index (κ2) is 6.36. The molecule has 1 aliphatic rings. The normalized spacial score (nSPS) is 16.8. The minimum absolute atomic E-state index is 0. The third kappa shape index (κ3) is 2.83. The van der Waals surface area contributed by atoms with Crippen LogP contribution in [0.5, 0.6) is 0 Å². The van der Waals surface area contributed by atoms with E-state index < -0.39 is 0 Å². The van der Waals surface area contributed by atoms with Gasteiger partial charge in [-0.3, -0.25) is 4.90 Å². The van der Waals surface area contributed by atoms with Gasteiger partial charge in [0.15, 0.2) is 0 Å². The summed E-state index contributed by atoms with van der Waals surface area (Å²) in [4.78, 5) is 2.20. The molecule has 0 saturated carbocycles. The van der Waals surface area contributed by atoms with E-state index in [4.69, 9.17) is 12.8 Å². The van der Waals surface area contributed by atoms with Crippen LogP contribution in [0.15, 0.2) is 24.3 Å². The SMILES string of the molecule is C#CCN(CC#C)[C@@H]1CCc2ccccc21.Cl. The lowest BCUT2D eigenvalue weighted by Crippen LogP contribution is -2.28. The quantitative estimate of drug-likeness (QED) is 0.741. The van der Waals surface area contributed by atoms with Crippen molar-refractivity contribution in [1.29, 1.82) is 0 Å². The first-order valence-electron chi connectivity index (χ1n) is 5.55. The smallest absolute Gasteiger partial charge is 0.0613 e. The van der Waals surface area contributed by atoms with Gasteiger partial charge in [0.25, 0.3) is 0 Å². The zero-order chi connectivity index (χ0) is 11.4. The summed E-state index contributed by atoms with van der Waals surface area (Å²) < 4.78 is 0. The first kappa shape index (κ1) is 13.7. The monoisotopic (exact) mass is 245 g/mol. The molecule has 0 bridgehead atoms. The molecule has 0 amide bonds. The first-order chi connectivity index (χ1) is 7.86. The third-order valence-corrected chi connectivity index (χ3v) is 3.13. The lowest BCUT2D eigenvalue weighted by Gasteiger charge is -2.25. The summed E-state index contributed by atoms with van der Waals surface area (Å²) in [6.45, 7) is 1.26. The van der Waals surface area contributed by atoms with E-state index in [1.165, 1.54) is 11.1 Å². The Labute approximate surface area is 110 Å². The van der Waals surface area contributed by atoms with Crippen LogP contribution in [0, 0.1) is 24.7 Å². The van der Waals surface area contributed by atoms with Crippen molar-refractivity contribution in [1.82, 2.24) is 4.90 Å². The predicted octanol–water partition coefficient (Wildman–Crippen LogP) is 2.66. The molecule has 0 saturated heterocycles. The van der Waals surface area contributed by atoms with E-state index in [1.807, 2.05) is 0 Å². The molecule has 1 aliphatic carbocycles. The molecule has 0 heterocycles. The summed E-state index contributed by atoms with van der Waals surface area (Å²) in [5.41, 5.74) is 2.83. The fourth-order valence-electron chi connectivity index (χ4n) is 2.42. The Morgan fingerprint density at radius 3 is 2.47 bits per heavy atom. The predicted molar refractivity (Wildman–Crippen MR) is 74.0 cm³/mol. The molecular weight excluding hydrogens is 230 g/mol. The molecule has 0 spiro atoms. The molecule has 1 atom stereocenters. The van der Waals surface area contributed by atoms with Gasteiger partial charge in [-0.2, -0.15) is 0 Å². The summed E-state index contributed by atoms with van der Waals surface area (Å²) in [6, 6.07) is 8.96. The Hall–Kier alpha value is -1.41. The summed E-state index contributed by atoms with van der Waals surface area (Å²) in [5, 5.41) is 0. The zero-order valence-corrected chi connectivity index (χ0v) is 10.5. The molecule has 0 unspecified atom stereocenters. The number of rotatable bonds is 3. The maximum Gasteiger partial charge on any atom is 0.0613 e. The van der Waals surface area contributed by atoms with Crippen LogP contribution in [0.4, 0.5) is 0 Å². The molecule has 2 heteroatoms. The summed E-state index contributed by atoms with van der Waals surface area (Å²) >= 11 is 0. The molecule has 88 valence electrons. The molecule has 0 aromatic heterocycles. The average molecular weight is 246 g/mol. The van der Waals surface area contributed by atoms with Gasteiger partial charge in [0.05, 0.1) is 13.1 Å². The molecule has 1 nitrogen and oxygen atoms in total. The Morgan fingerprint density at radius 2 is 1.82 bits per heavy atom. The van der Waals surface area contributed by atoms with Crippen LogP contribution in [-0.2, 0) is 6.42 Å². The van der Waals surface area contributed by atoms with E-state index in [1.54, 1.807) is 0 Å². The molecule has 0 aliphatic heterocycles. The lowest BCUT2D eigenvalue weighted by molar-refractivity contribution is 0.250. The number of nitrogens with zero attached hydrogens (tertiary/aromatic N) is 1. The molecule has 0 radical (unpaired) electrons. The molecule has 17 heavy (non-hydrogen) atoms. The minimum atomic E-state index is 0. The lowest BCUT2D eigenvalue weighted by atomic mass is 10.1. The van der Waals surface area contributed by atoms with Crippen molar-refractivity contribution < 1.29 is 0 Å². The van der Waals surface area contributed by atoms with Crippen molar-refractivity contribution in [2.75, 3.05) is 13.1 Å². The molecule has 0 N–H and O–H groups in total. The highest BCUT2D eigenvalue weighted by molar-refractivity contribution is 5.85. The van der Waals surface area contributed by atoms with E-state index in [0.717, 1.165) is 12.8 Å². The highest BCUT2D eigenvalue weighted by Crippen LogP contribution is 2.35. The van der Waals surface area contributed by atoms with Crippen molar-refractivity contribution in [3.63, 3.8) is 0 Å². The molecule has 2 rings (SSSR count). The summed E-state index contributed by atoms with van der Waals surface area (Å²) in [6.07, 6.45) is 13.0. The van der Waals surface area contributed by atoms with Crippen LogP contribution < -0.4 is 0 Å². The molecular formula is C15H16ClN. The van der Waals surface area contributed by atoms with Gasteiger partial charge in [-0.1, -0.05) is 36.1 Å². The van der Waals surface area contributed by atoms with Gasteiger partial charge in [0, 0.05) is 6.04 Å². The van der Waals surface area contributed by atoms with E-state index in [9.17, 15) is 0 Å². The van der Waals surface area contributed by atoms with Gasteiger partial charge in [0.1, 0.15) is 0 Å². The van der Waals surface area contributed by atoms with Crippen LogP contribution in [0.1, 0.15) is 23.6 Å². The highest BCUT2D eigenvalue weighted by atomic mass is 35.5. The number of hydrogen-bond acceptors (Lipinski definition) is 1. The van der Waals surface area contributed by atoms with Crippen molar-refractivity contribution in [3.05, 3.63) is 35.4 Å². The second-order valence-electron chi connectivity index (χ2n) is 4.07. The van der Waals surface area contributed by atoms with Crippen LogP contribution in [0.3, 0.4) is 0 Å². The summed E-state index contributed by atoms with van der Waals surface area (Å²) in [5.74, 6) is 5.38. The van der Waals surface area contributed by atoms with E-state index >= 15 is 0 Å². The maximum atomic E-state index is 5.39.